The highest BCUT2D eigenvalue weighted by Crippen LogP contribution is 2.31. The van der Waals surface area contributed by atoms with E-state index in [1.54, 1.807) is 7.05 Å². The Morgan fingerprint density at radius 1 is 1.26 bits per heavy atom. The van der Waals surface area contributed by atoms with Gasteiger partial charge in [0.1, 0.15) is 0 Å². The molecule has 1 heterocycles. The fourth-order valence-electron chi connectivity index (χ4n) is 3.02. The number of aliphatic hydroxyl groups is 1. The lowest BCUT2D eigenvalue weighted by Crippen LogP contribution is -2.47. The van der Waals surface area contributed by atoms with Gasteiger partial charge in [-0.3, -0.25) is 9.79 Å². The number of benzene rings is 1. The first-order valence-electron chi connectivity index (χ1n) is 9.11. The Kier molecular flexibility index (Phi) is 11.3. The molecule has 1 atom stereocenters. The van der Waals surface area contributed by atoms with Gasteiger partial charge in [0.05, 0.1) is 13.2 Å². The summed E-state index contributed by atoms with van der Waals surface area (Å²) in [4.78, 5) is 16.1. The summed E-state index contributed by atoms with van der Waals surface area (Å²) in [6.45, 7) is 2.92. The Balaban J connectivity index is 0.00000364. The van der Waals surface area contributed by atoms with Crippen LogP contribution in [-0.2, 0) is 16.0 Å². The quantitative estimate of drug-likeness (QED) is 0.235. The van der Waals surface area contributed by atoms with E-state index in [1.807, 2.05) is 30.3 Å². The summed E-state index contributed by atoms with van der Waals surface area (Å²) < 4.78 is 5.48. The van der Waals surface area contributed by atoms with Crippen molar-refractivity contribution in [1.82, 2.24) is 16.0 Å². The Hall–Kier alpha value is -1.39. The van der Waals surface area contributed by atoms with Gasteiger partial charge in [-0.25, -0.2) is 0 Å². The molecule has 27 heavy (non-hydrogen) atoms. The summed E-state index contributed by atoms with van der Waals surface area (Å²) in [6.07, 6.45) is 2.41. The van der Waals surface area contributed by atoms with Gasteiger partial charge in [0.25, 0.3) is 0 Å². The molecule has 1 aromatic carbocycles. The molecule has 8 heteroatoms. The van der Waals surface area contributed by atoms with E-state index in [9.17, 15) is 9.90 Å². The number of nitrogens with one attached hydrogen (secondary N) is 3. The summed E-state index contributed by atoms with van der Waals surface area (Å²) in [7, 11) is 1.67. The number of ether oxygens (including phenoxy) is 1. The smallest absolute Gasteiger partial charge is 0.239 e. The van der Waals surface area contributed by atoms with Gasteiger partial charge < -0.3 is 25.8 Å². The van der Waals surface area contributed by atoms with Gasteiger partial charge in [0.15, 0.2) is 5.96 Å². The SMILES string of the molecule is CN=C(NCC(=O)NCCc1ccccc1)NCC1(CCO)CCOC1.I. The summed E-state index contributed by atoms with van der Waals surface area (Å²) in [5, 5.41) is 18.4. The molecule has 0 aliphatic carbocycles. The topological polar surface area (TPSA) is 95.0 Å². The number of aliphatic hydroxyl groups excluding tert-OH is 1. The minimum absolute atomic E-state index is 0. The first-order valence-corrected chi connectivity index (χ1v) is 9.11. The van der Waals surface area contributed by atoms with Crippen LogP contribution in [0.15, 0.2) is 35.3 Å². The monoisotopic (exact) mass is 490 g/mol. The molecule has 1 fully saturated rings. The Morgan fingerprint density at radius 3 is 2.67 bits per heavy atom. The average molecular weight is 490 g/mol. The van der Waals surface area contributed by atoms with Crippen molar-refractivity contribution in [3.05, 3.63) is 35.9 Å². The van der Waals surface area contributed by atoms with Crippen molar-refractivity contribution >= 4 is 35.8 Å². The number of rotatable bonds is 9. The number of hydrogen-bond donors (Lipinski definition) is 4. The van der Waals surface area contributed by atoms with Crippen LogP contribution in [0, 0.1) is 5.41 Å². The standard InChI is InChI=1S/C19H30N4O3.HI/c1-20-18(23-14-19(8-11-24)9-12-26-15-19)22-13-17(25)21-10-7-16-5-3-2-4-6-16;/h2-6,24H,7-15H2,1H3,(H,21,25)(H2,20,22,23);1H. The molecule has 0 bridgehead atoms. The lowest BCUT2D eigenvalue weighted by atomic mass is 9.84. The minimum Gasteiger partial charge on any atom is -0.396 e. The average Bonchev–Trinajstić information content (AvgIpc) is 3.12. The second-order valence-electron chi connectivity index (χ2n) is 6.64. The minimum atomic E-state index is -0.0712. The summed E-state index contributed by atoms with van der Waals surface area (Å²) in [5.41, 5.74) is 1.14. The van der Waals surface area contributed by atoms with Crippen LogP contribution in [-0.4, -0.2) is 63.5 Å². The maximum absolute atomic E-state index is 12.0. The Labute approximate surface area is 178 Å². The van der Waals surface area contributed by atoms with Crippen LogP contribution in [0.5, 0.6) is 0 Å². The van der Waals surface area contributed by atoms with Crippen molar-refractivity contribution in [3.8, 4) is 0 Å². The number of carbonyl (C=O) groups excluding carboxylic acids is 1. The van der Waals surface area contributed by atoms with Gasteiger partial charge in [-0.05, 0) is 24.8 Å². The van der Waals surface area contributed by atoms with Crippen molar-refractivity contribution in [1.29, 1.82) is 0 Å². The molecule has 2 rings (SSSR count). The number of amides is 1. The van der Waals surface area contributed by atoms with Crippen LogP contribution in [0.3, 0.4) is 0 Å². The molecule has 4 N–H and O–H groups in total. The van der Waals surface area contributed by atoms with E-state index < -0.39 is 0 Å². The molecule has 152 valence electrons. The Bertz CT molecular complexity index is 578. The number of hydrogen-bond acceptors (Lipinski definition) is 4. The third kappa shape index (κ3) is 8.44. The van der Waals surface area contributed by atoms with E-state index in [4.69, 9.17) is 4.74 Å². The highest BCUT2D eigenvalue weighted by Gasteiger charge is 2.34. The predicted molar refractivity (Wildman–Crippen MR) is 118 cm³/mol. The van der Waals surface area contributed by atoms with Crippen LogP contribution < -0.4 is 16.0 Å². The summed E-state index contributed by atoms with van der Waals surface area (Å²) in [5.74, 6) is 0.505. The molecular formula is C19H31IN4O3. The van der Waals surface area contributed by atoms with Gasteiger partial charge in [-0.1, -0.05) is 30.3 Å². The van der Waals surface area contributed by atoms with E-state index in [0.29, 0.717) is 32.1 Å². The lowest BCUT2D eigenvalue weighted by Gasteiger charge is -2.27. The summed E-state index contributed by atoms with van der Waals surface area (Å²) >= 11 is 0. The predicted octanol–water partition coefficient (Wildman–Crippen LogP) is 0.917. The number of aliphatic imine (C=N–C) groups is 1. The van der Waals surface area contributed by atoms with Crippen molar-refractivity contribution < 1.29 is 14.6 Å². The molecular weight excluding hydrogens is 459 g/mol. The molecule has 1 aliphatic rings. The normalized spacial score (nSPS) is 19.3. The second-order valence-corrected chi connectivity index (χ2v) is 6.64. The zero-order chi connectivity index (χ0) is 18.7. The van der Waals surface area contributed by atoms with Crippen LogP contribution in [0.4, 0.5) is 0 Å². The molecule has 0 spiro atoms. The Morgan fingerprint density at radius 2 is 2.04 bits per heavy atom. The second kappa shape index (κ2) is 12.9. The zero-order valence-electron chi connectivity index (χ0n) is 15.9. The molecule has 1 amide bonds. The van der Waals surface area contributed by atoms with Gasteiger partial charge in [-0.15, -0.1) is 24.0 Å². The molecule has 0 radical (unpaired) electrons. The van der Waals surface area contributed by atoms with E-state index in [2.05, 4.69) is 20.9 Å². The fourth-order valence-corrected chi connectivity index (χ4v) is 3.02. The van der Waals surface area contributed by atoms with Crippen LogP contribution in [0.25, 0.3) is 0 Å². The third-order valence-electron chi connectivity index (χ3n) is 4.68. The van der Waals surface area contributed by atoms with Gasteiger partial charge in [-0.2, -0.15) is 0 Å². The largest absolute Gasteiger partial charge is 0.396 e. The van der Waals surface area contributed by atoms with Crippen molar-refractivity contribution in [2.45, 2.75) is 19.3 Å². The van der Waals surface area contributed by atoms with E-state index in [1.165, 1.54) is 5.56 Å². The van der Waals surface area contributed by atoms with Crippen LogP contribution >= 0.6 is 24.0 Å². The van der Waals surface area contributed by atoms with E-state index in [0.717, 1.165) is 19.4 Å². The van der Waals surface area contributed by atoms with E-state index in [-0.39, 0.29) is 48.5 Å². The fraction of sp³-hybridized carbons (Fsp3) is 0.579. The number of carbonyl (C=O) groups is 1. The molecule has 0 saturated carbocycles. The van der Waals surface area contributed by atoms with E-state index >= 15 is 0 Å². The number of nitrogens with zero attached hydrogens (tertiary/aromatic N) is 1. The zero-order valence-corrected chi connectivity index (χ0v) is 18.2. The maximum Gasteiger partial charge on any atom is 0.239 e. The van der Waals surface area contributed by atoms with Crippen LogP contribution in [0.2, 0.25) is 0 Å². The van der Waals surface area contributed by atoms with Gasteiger partial charge in [0, 0.05) is 38.8 Å². The summed E-state index contributed by atoms with van der Waals surface area (Å²) in [6, 6.07) is 10.1. The first-order chi connectivity index (χ1) is 12.7. The van der Waals surface area contributed by atoms with Gasteiger partial charge in [0.2, 0.25) is 5.91 Å². The molecule has 1 aliphatic heterocycles. The highest BCUT2D eigenvalue weighted by molar-refractivity contribution is 14.0. The molecule has 7 nitrogen and oxygen atoms in total. The molecule has 1 saturated heterocycles. The maximum atomic E-state index is 12.0. The van der Waals surface area contributed by atoms with Crippen molar-refractivity contribution in [3.63, 3.8) is 0 Å². The van der Waals surface area contributed by atoms with Crippen molar-refractivity contribution in [2.75, 3.05) is 46.5 Å². The first kappa shape index (κ1) is 23.6. The number of halogens is 1. The van der Waals surface area contributed by atoms with Crippen LogP contribution in [0.1, 0.15) is 18.4 Å². The molecule has 0 aromatic heterocycles. The number of guanidine groups is 1. The highest BCUT2D eigenvalue weighted by atomic mass is 127. The third-order valence-corrected chi connectivity index (χ3v) is 4.68. The molecule has 1 unspecified atom stereocenters. The van der Waals surface area contributed by atoms with Crippen molar-refractivity contribution in [2.24, 2.45) is 10.4 Å². The van der Waals surface area contributed by atoms with Gasteiger partial charge >= 0.3 is 0 Å². The molecule has 1 aromatic rings. The lowest BCUT2D eigenvalue weighted by molar-refractivity contribution is -0.119.